The highest BCUT2D eigenvalue weighted by Crippen LogP contribution is 2.34. The summed E-state index contributed by atoms with van der Waals surface area (Å²) >= 11 is 1.56. The van der Waals surface area contributed by atoms with Gasteiger partial charge in [-0.3, -0.25) is 4.79 Å². The number of thioether (sulfide) groups is 1. The quantitative estimate of drug-likeness (QED) is 0.769. The summed E-state index contributed by atoms with van der Waals surface area (Å²) in [6.45, 7) is 2.54. The third kappa shape index (κ3) is 4.20. The number of amides is 1. The second kappa shape index (κ2) is 8.19. The van der Waals surface area contributed by atoms with Crippen LogP contribution in [0.1, 0.15) is 17.5 Å². The molecule has 2 aromatic rings. The number of carbonyl (C=O) groups excluding carboxylic acids is 1. The Morgan fingerprint density at radius 3 is 2.93 bits per heavy atom. The van der Waals surface area contributed by atoms with Crippen molar-refractivity contribution in [1.82, 2.24) is 5.32 Å². The van der Waals surface area contributed by atoms with Crippen LogP contribution in [0.4, 0.5) is 10.1 Å². The summed E-state index contributed by atoms with van der Waals surface area (Å²) in [7, 11) is 0. The Balaban J connectivity index is 1.31. The van der Waals surface area contributed by atoms with Crippen LogP contribution in [0.5, 0.6) is 11.5 Å². The molecule has 1 amide bonds. The van der Waals surface area contributed by atoms with Gasteiger partial charge in [0.15, 0.2) is 11.5 Å². The van der Waals surface area contributed by atoms with Crippen LogP contribution in [-0.4, -0.2) is 31.4 Å². The number of carbonyl (C=O) groups is 1. The molecule has 142 valence electrons. The zero-order valence-corrected chi connectivity index (χ0v) is 15.7. The minimum Gasteiger partial charge on any atom is -0.486 e. The number of hydrogen-bond acceptors (Lipinski definition) is 5. The summed E-state index contributed by atoms with van der Waals surface area (Å²) in [6.07, 6.45) is 0.946. The molecule has 0 fully saturated rings. The molecule has 0 saturated heterocycles. The lowest BCUT2D eigenvalue weighted by Gasteiger charge is -2.19. The van der Waals surface area contributed by atoms with Crippen molar-refractivity contribution in [3.05, 3.63) is 47.3 Å². The molecule has 2 aliphatic heterocycles. The minimum absolute atomic E-state index is 0.187. The van der Waals surface area contributed by atoms with Gasteiger partial charge in [-0.25, -0.2) is 4.39 Å². The number of nitrogens with one attached hydrogen (secondary N) is 2. The number of benzene rings is 2. The topological polar surface area (TPSA) is 59.6 Å². The molecule has 4 rings (SSSR count). The normalized spacial score (nSPS) is 15.1. The van der Waals surface area contributed by atoms with E-state index < -0.39 is 0 Å². The smallest absolute Gasteiger partial charge is 0.225 e. The van der Waals surface area contributed by atoms with Crippen molar-refractivity contribution in [1.29, 1.82) is 0 Å². The van der Waals surface area contributed by atoms with Crippen molar-refractivity contribution >= 4 is 23.4 Å². The van der Waals surface area contributed by atoms with E-state index in [2.05, 4.69) is 10.6 Å². The number of anilines is 1. The van der Waals surface area contributed by atoms with Crippen LogP contribution in [0, 0.1) is 5.82 Å². The molecule has 2 heterocycles. The van der Waals surface area contributed by atoms with Gasteiger partial charge < -0.3 is 20.1 Å². The average molecular weight is 388 g/mol. The lowest BCUT2D eigenvalue weighted by molar-refractivity contribution is -0.115. The maximum Gasteiger partial charge on any atom is 0.225 e. The van der Waals surface area contributed by atoms with Gasteiger partial charge in [-0.2, -0.15) is 0 Å². The van der Waals surface area contributed by atoms with Gasteiger partial charge in [-0.15, -0.1) is 11.8 Å². The lowest BCUT2D eigenvalue weighted by Crippen LogP contribution is -2.25. The SMILES string of the molecule is O=C(CCSc1ccc2c(c1)OCCO2)Nc1ccc2c(c1F)CCNC2. The maximum absolute atomic E-state index is 14.6. The highest BCUT2D eigenvalue weighted by Gasteiger charge is 2.17. The van der Waals surface area contributed by atoms with E-state index in [4.69, 9.17) is 9.47 Å². The zero-order valence-electron chi connectivity index (χ0n) is 14.8. The van der Waals surface area contributed by atoms with E-state index in [0.717, 1.165) is 28.5 Å². The molecular weight excluding hydrogens is 367 g/mol. The molecule has 0 atom stereocenters. The van der Waals surface area contributed by atoms with E-state index in [-0.39, 0.29) is 17.4 Å². The van der Waals surface area contributed by atoms with E-state index in [1.807, 2.05) is 24.3 Å². The molecule has 27 heavy (non-hydrogen) atoms. The Bertz CT molecular complexity index is 859. The van der Waals surface area contributed by atoms with Crippen molar-refractivity contribution < 1.29 is 18.7 Å². The molecule has 2 aliphatic rings. The minimum atomic E-state index is -0.304. The van der Waals surface area contributed by atoms with Crippen molar-refractivity contribution in [2.75, 3.05) is 30.8 Å². The predicted octanol–water partition coefficient (Wildman–Crippen LogP) is 3.36. The van der Waals surface area contributed by atoms with Crippen LogP contribution < -0.4 is 20.1 Å². The summed E-state index contributed by atoms with van der Waals surface area (Å²) in [5, 5.41) is 5.92. The first kappa shape index (κ1) is 18.1. The first-order valence-electron chi connectivity index (χ1n) is 9.04. The average Bonchev–Trinajstić information content (AvgIpc) is 2.70. The van der Waals surface area contributed by atoms with Crippen molar-refractivity contribution in [3.8, 4) is 11.5 Å². The van der Waals surface area contributed by atoms with E-state index in [1.165, 1.54) is 0 Å². The molecule has 2 aromatic carbocycles. The molecule has 0 radical (unpaired) electrons. The van der Waals surface area contributed by atoms with E-state index in [0.29, 0.717) is 43.9 Å². The predicted molar refractivity (Wildman–Crippen MR) is 103 cm³/mol. The van der Waals surface area contributed by atoms with Gasteiger partial charge in [0.1, 0.15) is 19.0 Å². The first-order valence-corrected chi connectivity index (χ1v) is 10.0. The van der Waals surface area contributed by atoms with Gasteiger partial charge >= 0.3 is 0 Å². The summed E-state index contributed by atoms with van der Waals surface area (Å²) in [4.78, 5) is 13.2. The molecule has 5 nitrogen and oxygen atoms in total. The summed E-state index contributed by atoms with van der Waals surface area (Å²) < 4.78 is 25.7. The Labute approximate surface area is 161 Å². The highest BCUT2D eigenvalue weighted by molar-refractivity contribution is 7.99. The van der Waals surface area contributed by atoms with Crippen LogP contribution in [0.2, 0.25) is 0 Å². The molecule has 0 saturated carbocycles. The molecule has 0 unspecified atom stereocenters. The van der Waals surface area contributed by atoms with Crippen LogP contribution in [0.3, 0.4) is 0 Å². The number of fused-ring (bicyclic) bond motifs is 2. The van der Waals surface area contributed by atoms with Gasteiger partial charge in [0, 0.05) is 23.6 Å². The molecule has 7 heteroatoms. The number of halogens is 1. The molecule has 0 aliphatic carbocycles. The van der Waals surface area contributed by atoms with E-state index in [9.17, 15) is 9.18 Å². The van der Waals surface area contributed by atoms with Gasteiger partial charge in [0.2, 0.25) is 5.91 Å². The highest BCUT2D eigenvalue weighted by atomic mass is 32.2. The monoisotopic (exact) mass is 388 g/mol. The second-order valence-corrected chi connectivity index (χ2v) is 7.61. The Kier molecular flexibility index (Phi) is 5.50. The molecular formula is C20H21FN2O3S. The van der Waals surface area contributed by atoms with Gasteiger partial charge in [0.25, 0.3) is 0 Å². The van der Waals surface area contributed by atoms with Crippen LogP contribution in [0.25, 0.3) is 0 Å². The Morgan fingerprint density at radius 1 is 1.19 bits per heavy atom. The van der Waals surface area contributed by atoms with Crippen LogP contribution in [-0.2, 0) is 17.8 Å². The van der Waals surface area contributed by atoms with E-state index >= 15 is 0 Å². The van der Waals surface area contributed by atoms with E-state index in [1.54, 1.807) is 17.8 Å². The van der Waals surface area contributed by atoms with Crippen molar-refractivity contribution in [3.63, 3.8) is 0 Å². The fourth-order valence-electron chi connectivity index (χ4n) is 3.22. The molecule has 0 bridgehead atoms. The number of hydrogen-bond donors (Lipinski definition) is 2. The summed E-state index contributed by atoms with van der Waals surface area (Å²) in [5.41, 5.74) is 1.94. The maximum atomic E-state index is 14.6. The third-order valence-electron chi connectivity index (χ3n) is 4.59. The zero-order chi connectivity index (χ0) is 18.6. The van der Waals surface area contributed by atoms with Crippen molar-refractivity contribution in [2.45, 2.75) is 24.3 Å². The van der Waals surface area contributed by atoms with Crippen LogP contribution in [0.15, 0.2) is 35.2 Å². The summed E-state index contributed by atoms with van der Waals surface area (Å²) in [6, 6.07) is 9.28. The van der Waals surface area contributed by atoms with Gasteiger partial charge in [0.05, 0.1) is 5.69 Å². The third-order valence-corrected chi connectivity index (χ3v) is 5.59. The fraction of sp³-hybridized carbons (Fsp3) is 0.350. The van der Waals surface area contributed by atoms with Crippen LogP contribution >= 0.6 is 11.8 Å². The molecule has 0 aromatic heterocycles. The molecule has 2 N–H and O–H groups in total. The van der Waals surface area contributed by atoms with Crippen molar-refractivity contribution in [2.24, 2.45) is 0 Å². The first-order chi connectivity index (χ1) is 13.2. The Morgan fingerprint density at radius 2 is 2.04 bits per heavy atom. The van der Waals surface area contributed by atoms with Gasteiger partial charge in [-0.1, -0.05) is 6.07 Å². The largest absolute Gasteiger partial charge is 0.486 e. The second-order valence-electron chi connectivity index (χ2n) is 6.44. The van der Waals surface area contributed by atoms with Gasteiger partial charge in [-0.05, 0) is 48.4 Å². The summed E-state index contributed by atoms with van der Waals surface area (Å²) in [5.74, 6) is 1.60. The lowest BCUT2D eigenvalue weighted by atomic mass is 9.99. The fourth-order valence-corrected chi connectivity index (χ4v) is 4.10. The number of rotatable bonds is 5. The number of ether oxygens (including phenoxy) is 2. The molecule has 0 spiro atoms. The standard InChI is InChI=1S/C20H21FN2O3S/c21-20-15-5-7-22-12-13(15)1-3-16(20)23-19(24)6-10-27-14-2-4-17-18(11-14)26-9-8-25-17/h1-4,11,22H,5-10,12H2,(H,23,24). The Hall–Kier alpha value is -2.25.